The minimum absolute atomic E-state index is 0.0254. The molecular formula is C22H25NO10. The molecule has 1 fully saturated rings. The summed E-state index contributed by atoms with van der Waals surface area (Å²) in [6.07, 6.45) is -1.69. The van der Waals surface area contributed by atoms with Crippen LogP contribution in [0.5, 0.6) is 23.0 Å². The van der Waals surface area contributed by atoms with Gasteiger partial charge in [0, 0.05) is 29.7 Å². The van der Waals surface area contributed by atoms with Gasteiger partial charge in [-0.15, -0.1) is 0 Å². The molecule has 2 aromatic rings. The van der Waals surface area contributed by atoms with Crippen LogP contribution in [0.25, 0.3) is 0 Å². The van der Waals surface area contributed by atoms with E-state index in [-0.39, 0.29) is 31.3 Å². The Bertz CT molecular complexity index is 958. The van der Waals surface area contributed by atoms with Crippen molar-refractivity contribution >= 4 is 11.8 Å². The minimum atomic E-state index is -0.939. The molecule has 0 aliphatic carbocycles. The first-order chi connectivity index (χ1) is 15.8. The largest absolute Gasteiger partial charge is 0.513 e. The van der Waals surface area contributed by atoms with Gasteiger partial charge in [-0.3, -0.25) is 10.1 Å². The molecule has 178 valence electrons. The molecule has 2 aromatic carbocycles. The minimum Gasteiger partial charge on any atom is -0.496 e. The number of carbonyl (C=O) groups is 1. The summed E-state index contributed by atoms with van der Waals surface area (Å²) >= 11 is 0. The number of benzene rings is 2. The first-order valence-electron chi connectivity index (χ1n) is 9.91. The third kappa shape index (κ3) is 5.82. The van der Waals surface area contributed by atoms with Gasteiger partial charge in [0.25, 0.3) is 5.69 Å². The molecule has 0 unspecified atom stereocenters. The second-order valence-electron chi connectivity index (χ2n) is 7.60. The molecule has 0 N–H and O–H groups in total. The number of hydrogen-bond donors (Lipinski definition) is 0. The predicted molar refractivity (Wildman–Crippen MR) is 114 cm³/mol. The number of carbonyl (C=O) groups excluding carboxylic acids is 1. The smallest absolute Gasteiger partial charge is 0.496 e. The molecular weight excluding hydrogens is 438 g/mol. The van der Waals surface area contributed by atoms with E-state index in [1.165, 1.54) is 38.5 Å². The lowest BCUT2D eigenvalue weighted by Gasteiger charge is -2.37. The van der Waals surface area contributed by atoms with Gasteiger partial charge >= 0.3 is 6.16 Å². The number of methoxy groups -OCH3 is 3. The Morgan fingerprint density at radius 1 is 1.03 bits per heavy atom. The van der Waals surface area contributed by atoms with Crippen molar-refractivity contribution in [2.75, 3.05) is 41.2 Å². The maximum atomic E-state index is 12.0. The Balaban J connectivity index is 1.57. The highest BCUT2D eigenvalue weighted by Crippen LogP contribution is 2.43. The number of non-ortho nitro benzene ring substituents is 1. The predicted octanol–water partition coefficient (Wildman–Crippen LogP) is 3.89. The third-order valence-electron chi connectivity index (χ3n) is 4.94. The lowest BCUT2D eigenvalue weighted by atomic mass is 9.93. The summed E-state index contributed by atoms with van der Waals surface area (Å²) in [7, 11) is 4.59. The van der Waals surface area contributed by atoms with Crippen molar-refractivity contribution in [1.29, 1.82) is 0 Å². The van der Waals surface area contributed by atoms with Gasteiger partial charge in [-0.1, -0.05) is 6.92 Å². The highest BCUT2D eigenvalue weighted by molar-refractivity contribution is 5.64. The fourth-order valence-electron chi connectivity index (χ4n) is 3.15. The second kappa shape index (κ2) is 10.4. The Kier molecular flexibility index (Phi) is 7.56. The molecule has 1 aliphatic heterocycles. The van der Waals surface area contributed by atoms with Gasteiger partial charge in [0.1, 0.15) is 29.6 Å². The van der Waals surface area contributed by atoms with Crippen molar-refractivity contribution in [2.45, 2.75) is 13.2 Å². The van der Waals surface area contributed by atoms with Gasteiger partial charge in [0.05, 0.1) is 45.0 Å². The quantitative estimate of drug-likeness (QED) is 0.246. The summed E-state index contributed by atoms with van der Waals surface area (Å²) in [6, 6.07) is 8.50. The Morgan fingerprint density at radius 3 is 2.09 bits per heavy atom. The van der Waals surface area contributed by atoms with Crippen LogP contribution < -0.4 is 18.9 Å². The van der Waals surface area contributed by atoms with Crippen molar-refractivity contribution in [1.82, 2.24) is 0 Å². The van der Waals surface area contributed by atoms with E-state index >= 15 is 0 Å². The van der Waals surface area contributed by atoms with E-state index in [9.17, 15) is 14.9 Å². The van der Waals surface area contributed by atoms with Gasteiger partial charge in [-0.2, -0.15) is 0 Å². The van der Waals surface area contributed by atoms with Gasteiger partial charge in [-0.25, -0.2) is 4.79 Å². The molecule has 11 nitrogen and oxygen atoms in total. The van der Waals surface area contributed by atoms with E-state index < -0.39 is 22.8 Å². The lowest BCUT2D eigenvalue weighted by molar-refractivity contribution is -0.384. The summed E-state index contributed by atoms with van der Waals surface area (Å²) in [4.78, 5) is 22.2. The van der Waals surface area contributed by atoms with Crippen LogP contribution in [0.1, 0.15) is 18.8 Å². The van der Waals surface area contributed by atoms with Crippen LogP contribution in [0.3, 0.4) is 0 Å². The zero-order valence-electron chi connectivity index (χ0n) is 18.7. The summed E-state index contributed by atoms with van der Waals surface area (Å²) in [5.74, 6) is 1.67. The van der Waals surface area contributed by atoms with Crippen LogP contribution in [-0.2, 0) is 14.2 Å². The van der Waals surface area contributed by atoms with E-state index in [1.54, 1.807) is 19.2 Å². The van der Waals surface area contributed by atoms with Crippen molar-refractivity contribution in [2.24, 2.45) is 5.41 Å². The van der Waals surface area contributed by atoms with Crippen LogP contribution in [0.2, 0.25) is 0 Å². The summed E-state index contributed by atoms with van der Waals surface area (Å²) in [5.41, 5.74) is -0.154. The Morgan fingerprint density at radius 2 is 1.61 bits per heavy atom. The first-order valence-corrected chi connectivity index (χ1v) is 9.91. The van der Waals surface area contributed by atoms with Crippen molar-refractivity contribution < 1.29 is 42.9 Å². The van der Waals surface area contributed by atoms with E-state index in [0.717, 1.165) is 0 Å². The number of hydrogen-bond acceptors (Lipinski definition) is 10. The highest BCUT2D eigenvalue weighted by Gasteiger charge is 2.37. The molecule has 3 rings (SSSR count). The van der Waals surface area contributed by atoms with Gasteiger partial charge in [-0.05, 0) is 12.1 Å². The average molecular weight is 463 g/mol. The number of rotatable bonds is 8. The van der Waals surface area contributed by atoms with Gasteiger partial charge < -0.3 is 33.2 Å². The fourth-order valence-corrected chi connectivity index (χ4v) is 3.15. The van der Waals surface area contributed by atoms with Crippen molar-refractivity contribution in [3.05, 3.63) is 52.1 Å². The molecule has 0 saturated carbocycles. The average Bonchev–Trinajstić information content (AvgIpc) is 2.83. The number of ether oxygens (including phenoxy) is 7. The Labute approximate surface area is 190 Å². The van der Waals surface area contributed by atoms with Crippen LogP contribution in [-0.4, -0.2) is 52.2 Å². The fraction of sp³-hybridized carbons (Fsp3) is 0.409. The van der Waals surface area contributed by atoms with Crippen molar-refractivity contribution in [3.63, 3.8) is 0 Å². The van der Waals surface area contributed by atoms with Crippen LogP contribution in [0.15, 0.2) is 36.4 Å². The molecule has 1 aliphatic rings. The van der Waals surface area contributed by atoms with E-state index in [4.69, 9.17) is 33.2 Å². The van der Waals surface area contributed by atoms with E-state index in [1.807, 2.05) is 6.92 Å². The second-order valence-corrected chi connectivity index (χ2v) is 7.60. The highest BCUT2D eigenvalue weighted by atomic mass is 16.7. The number of nitro groups is 1. The van der Waals surface area contributed by atoms with E-state index in [2.05, 4.69) is 0 Å². The molecule has 0 aromatic heterocycles. The normalized spacial score (nSPS) is 19.9. The zero-order valence-corrected chi connectivity index (χ0v) is 18.7. The van der Waals surface area contributed by atoms with E-state index in [0.29, 0.717) is 22.8 Å². The molecule has 0 spiro atoms. The maximum absolute atomic E-state index is 12.0. The monoisotopic (exact) mass is 463 g/mol. The molecule has 0 amide bonds. The van der Waals surface area contributed by atoms with Gasteiger partial charge in [0.15, 0.2) is 6.29 Å². The third-order valence-corrected chi connectivity index (χ3v) is 4.94. The SMILES string of the molecule is COc1cc(OC)c(C2OCC(C)(COC(=O)Oc3ccc([N+](=O)[O-])cc3)CO2)c(OC)c1. The molecule has 0 atom stereocenters. The first kappa shape index (κ1) is 24.1. The maximum Gasteiger partial charge on any atom is 0.513 e. The summed E-state index contributed by atoms with van der Waals surface area (Å²) < 4.78 is 38.2. The molecule has 0 radical (unpaired) electrons. The topological polar surface area (TPSA) is 125 Å². The van der Waals surface area contributed by atoms with Crippen molar-refractivity contribution in [3.8, 4) is 23.0 Å². The summed E-state index contributed by atoms with van der Waals surface area (Å²) in [5, 5.41) is 10.7. The molecule has 0 bridgehead atoms. The lowest BCUT2D eigenvalue weighted by Crippen LogP contribution is -2.41. The van der Waals surface area contributed by atoms with Crippen LogP contribution in [0, 0.1) is 15.5 Å². The van der Waals surface area contributed by atoms with Crippen LogP contribution in [0.4, 0.5) is 10.5 Å². The van der Waals surface area contributed by atoms with Gasteiger partial charge in [0.2, 0.25) is 0 Å². The zero-order chi connectivity index (χ0) is 24.0. The Hall–Kier alpha value is -3.57. The number of nitro benzene ring substituents is 1. The van der Waals surface area contributed by atoms with Crippen LogP contribution >= 0.6 is 0 Å². The molecule has 33 heavy (non-hydrogen) atoms. The standard InChI is InChI=1S/C22H25NO10/c1-22(13-32-21(24)33-15-7-5-14(6-8-15)23(25)26)11-30-20(31-12-22)19-17(28-3)9-16(27-2)10-18(19)29-4/h5-10,20H,11-13H2,1-4H3. The molecule has 11 heteroatoms. The summed E-state index contributed by atoms with van der Waals surface area (Å²) in [6.45, 7) is 2.26. The number of nitrogens with zero attached hydrogens (tertiary/aromatic N) is 1. The molecule has 1 saturated heterocycles. The molecule has 1 heterocycles.